The highest BCUT2D eigenvalue weighted by atomic mass is 35.5. The summed E-state index contributed by atoms with van der Waals surface area (Å²) in [6, 6.07) is 12.7. The van der Waals surface area contributed by atoms with Gasteiger partial charge in [-0.15, -0.1) is 0 Å². The highest BCUT2D eigenvalue weighted by Gasteiger charge is 2.39. The number of halogens is 2. The number of hydrogen-bond donors (Lipinski definition) is 2. The number of amides is 4. The van der Waals surface area contributed by atoms with Gasteiger partial charge in [-0.1, -0.05) is 48.4 Å². The summed E-state index contributed by atoms with van der Waals surface area (Å²) in [6.07, 6.45) is 2.17. The van der Waals surface area contributed by atoms with E-state index in [0.717, 1.165) is 23.3 Å². The van der Waals surface area contributed by atoms with Crippen LogP contribution in [0.5, 0.6) is 5.75 Å². The molecule has 2 saturated heterocycles. The van der Waals surface area contributed by atoms with E-state index in [0.29, 0.717) is 51.7 Å². The number of nitrogens with zero attached hydrogens (tertiary/aromatic N) is 3. The Kier molecular flexibility index (Phi) is 9.64. The van der Waals surface area contributed by atoms with Crippen LogP contribution in [-0.2, 0) is 20.9 Å². The zero-order valence-electron chi connectivity index (χ0n) is 26.1. The molecule has 0 spiro atoms. The summed E-state index contributed by atoms with van der Waals surface area (Å²) in [6.45, 7) is 2.45. The smallest absolute Gasteiger partial charge is 0.326 e. The zero-order valence-corrected chi connectivity index (χ0v) is 26.9. The third kappa shape index (κ3) is 6.29. The number of carbonyl (C=O) groups is 4. The summed E-state index contributed by atoms with van der Waals surface area (Å²) >= 11 is 6.98. The SMILES string of the molecule is COc1cc(-c2cccc(-c3cccc(NC(=O)C4CN(C)C(=O)N(C)C4=O)c3C)c2Cl)cc(F)c1CN1CCCC[C@H]1C(=O)O. The Morgan fingerprint density at radius 1 is 1.07 bits per heavy atom. The fourth-order valence-corrected chi connectivity index (χ4v) is 6.56. The lowest BCUT2D eigenvalue weighted by Crippen LogP contribution is -2.56. The average Bonchev–Trinajstić information content (AvgIpc) is 3.04. The normalized spacial score (nSPS) is 18.9. The summed E-state index contributed by atoms with van der Waals surface area (Å²) in [5.74, 6) is -3.31. The number of anilines is 1. The van der Waals surface area contributed by atoms with Gasteiger partial charge in [0.15, 0.2) is 0 Å². The maximum absolute atomic E-state index is 15.7. The molecular weight excluding hydrogens is 615 g/mol. The van der Waals surface area contributed by atoms with Crippen molar-refractivity contribution in [3.63, 3.8) is 0 Å². The Bertz CT molecular complexity index is 1720. The molecule has 0 saturated carbocycles. The molecule has 4 amide bonds. The molecule has 5 rings (SSSR count). The zero-order chi connectivity index (χ0) is 33.3. The van der Waals surface area contributed by atoms with Crippen LogP contribution in [0, 0.1) is 18.7 Å². The molecule has 0 bridgehead atoms. The molecule has 10 nitrogen and oxygen atoms in total. The second-order valence-electron chi connectivity index (χ2n) is 11.7. The largest absolute Gasteiger partial charge is 0.496 e. The molecule has 12 heteroatoms. The minimum atomic E-state index is -1.06. The molecule has 0 radical (unpaired) electrons. The van der Waals surface area contributed by atoms with Gasteiger partial charge in [-0.25, -0.2) is 9.18 Å². The van der Waals surface area contributed by atoms with Crippen LogP contribution >= 0.6 is 11.6 Å². The van der Waals surface area contributed by atoms with E-state index >= 15 is 4.39 Å². The van der Waals surface area contributed by atoms with Crippen LogP contribution in [0.3, 0.4) is 0 Å². The van der Waals surface area contributed by atoms with E-state index in [1.54, 1.807) is 35.2 Å². The maximum atomic E-state index is 15.7. The van der Waals surface area contributed by atoms with Gasteiger partial charge in [-0.2, -0.15) is 0 Å². The topological polar surface area (TPSA) is 119 Å². The first kappa shape index (κ1) is 32.9. The van der Waals surface area contributed by atoms with Crippen LogP contribution in [0.4, 0.5) is 14.9 Å². The first-order valence-electron chi connectivity index (χ1n) is 15.0. The fourth-order valence-electron chi connectivity index (χ4n) is 6.22. The summed E-state index contributed by atoms with van der Waals surface area (Å²) < 4.78 is 21.3. The van der Waals surface area contributed by atoms with E-state index in [9.17, 15) is 24.3 Å². The summed E-state index contributed by atoms with van der Waals surface area (Å²) in [7, 11) is 4.33. The lowest BCUT2D eigenvalue weighted by atomic mass is 9.94. The number of rotatable bonds is 8. The molecule has 3 aromatic carbocycles. The Hall–Kier alpha value is -4.48. The van der Waals surface area contributed by atoms with Gasteiger partial charge in [0, 0.05) is 49.6 Å². The van der Waals surface area contributed by atoms with Crippen LogP contribution in [0.2, 0.25) is 5.02 Å². The van der Waals surface area contributed by atoms with Crippen molar-refractivity contribution in [2.24, 2.45) is 5.92 Å². The molecule has 1 unspecified atom stereocenters. The highest BCUT2D eigenvalue weighted by molar-refractivity contribution is 6.36. The quantitative estimate of drug-likeness (QED) is 0.303. The number of likely N-dealkylation sites (tertiary alicyclic amines) is 1. The molecule has 2 fully saturated rings. The van der Waals surface area contributed by atoms with Crippen LogP contribution in [0.1, 0.15) is 30.4 Å². The van der Waals surface area contributed by atoms with Crippen molar-refractivity contribution >= 4 is 41.1 Å². The Morgan fingerprint density at radius 3 is 2.48 bits per heavy atom. The second kappa shape index (κ2) is 13.5. The molecule has 46 heavy (non-hydrogen) atoms. The third-order valence-electron chi connectivity index (χ3n) is 8.84. The molecule has 0 aliphatic carbocycles. The number of piperidine rings is 1. The predicted octanol–water partition coefficient (Wildman–Crippen LogP) is 5.65. The van der Waals surface area contributed by atoms with Crippen LogP contribution in [0.25, 0.3) is 22.3 Å². The molecule has 242 valence electrons. The molecule has 2 N–H and O–H groups in total. The lowest BCUT2D eigenvalue weighted by Gasteiger charge is -2.33. The van der Waals surface area contributed by atoms with Gasteiger partial charge in [0.05, 0.1) is 12.1 Å². The molecule has 2 heterocycles. The number of carboxylic acids is 1. The van der Waals surface area contributed by atoms with E-state index in [1.165, 1.54) is 32.2 Å². The van der Waals surface area contributed by atoms with E-state index in [4.69, 9.17) is 16.3 Å². The number of ether oxygens (including phenoxy) is 1. The highest BCUT2D eigenvalue weighted by Crippen LogP contribution is 2.41. The third-order valence-corrected chi connectivity index (χ3v) is 9.25. The van der Waals surface area contributed by atoms with Crippen molar-refractivity contribution in [3.05, 3.63) is 70.5 Å². The number of carbonyl (C=O) groups excluding carboxylic acids is 3. The van der Waals surface area contributed by atoms with Crippen molar-refractivity contribution in [1.29, 1.82) is 0 Å². The van der Waals surface area contributed by atoms with Gasteiger partial charge in [-0.05, 0) is 61.2 Å². The molecule has 2 aliphatic heterocycles. The van der Waals surface area contributed by atoms with Gasteiger partial charge >= 0.3 is 12.0 Å². The first-order chi connectivity index (χ1) is 21.9. The summed E-state index contributed by atoms with van der Waals surface area (Å²) in [5, 5.41) is 12.9. The first-order valence-corrected chi connectivity index (χ1v) is 15.4. The fraction of sp³-hybridized carbons (Fsp3) is 0.353. The van der Waals surface area contributed by atoms with Crippen LogP contribution < -0.4 is 10.1 Å². The van der Waals surface area contributed by atoms with E-state index in [2.05, 4.69) is 5.32 Å². The van der Waals surface area contributed by atoms with E-state index in [1.807, 2.05) is 19.1 Å². The monoisotopic (exact) mass is 650 g/mol. The van der Waals surface area contributed by atoms with Crippen molar-refractivity contribution in [3.8, 4) is 28.0 Å². The number of methoxy groups -OCH3 is 1. The van der Waals surface area contributed by atoms with Crippen molar-refractivity contribution in [1.82, 2.24) is 14.7 Å². The van der Waals surface area contributed by atoms with E-state index in [-0.39, 0.29) is 18.7 Å². The molecule has 3 aromatic rings. The number of carboxylic acid groups (broad SMARTS) is 1. The number of benzene rings is 3. The lowest BCUT2D eigenvalue weighted by molar-refractivity contribution is -0.145. The molecule has 2 aliphatic rings. The van der Waals surface area contributed by atoms with Gasteiger partial charge in [0.1, 0.15) is 23.5 Å². The Morgan fingerprint density at radius 2 is 1.76 bits per heavy atom. The number of nitrogens with one attached hydrogen (secondary N) is 1. The van der Waals surface area contributed by atoms with Gasteiger partial charge < -0.3 is 20.1 Å². The summed E-state index contributed by atoms with van der Waals surface area (Å²) in [4.78, 5) is 53.8. The number of urea groups is 1. The molecule has 2 atom stereocenters. The van der Waals surface area contributed by atoms with E-state index < -0.39 is 41.6 Å². The van der Waals surface area contributed by atoms with Crippen molar-refractivity contribution in [2.45, 2.75) is 38.8 Å². The van der Waals surface area contributed by atoms with Gasteiger partial charge in [-0.3, -0.25) is 24.2 Å². The number of hydrogen-bond acceptors (Lipinski definition) is 6. The second-order valence-corrected chi connectivity index (χ2v) is 12.1. The minimum Gasteiger partial charge on any atom is -0.496 e. The standard InChI is InChI=1S/C34H36ClFN4O6/c1-19-21(9-8-12-27(19)37-31(41)25-17-38(2)34(45)39(3)32(25)42)23-11-7-10-22(30(23)35)20-15-26(36)24(29(16-20)46-4)18-40-14-6-5-13-28(40)33(43)44/h7-12,15-16,25,28H,5-6,13-14,17-18H2,1-4H3,(H,37,41)(H,43,44)/t25?,28-/m0/s1. The number of aliphatic carboxylic acids is 1. The Balaban J connectivity index is 1.44. The van der Waals surface area contributed by atoms with Crippen LogP contribution in [0.15, 0.2) is 48.5 Å². The van der Waals surface area contributed by atoms with Gasteiger partial charge in [0.25, 0.3) is 0 Å². The Labute approximate surface area is 271 Å². The summed E-state index contributed by atoms with van der Waals surface area (Å²) in [5.41, 5.74) is 3.87. The van der Waals surface area contributed by atoms with Crippen LogP contribution in [-0.4, -0.2) is 84.0 Å². The molecule has 0 aromatic heterocycles. The van der Waals surface area contributed by atoms with Gasteiger partial charge in [0.2, 0.25) is 11.8 Å². The average molecular weight is 651 g/mol. The predicted molar refractivity (Wildman–Crippen MR) is 172 cm³/mol. The maximum Gasteiger partial charge on any atom is 0.326 e. The van der Waals surface area contributed by atoms with Crippen molar-refractivity contribution < 1.29 is 33.4 Å². The number of imide groups is 1. The van der Waals surface area contributed by atoms with Crippen molar-refractivity contribution in [2.75, 3.05) is 39.6 Å². The molecular formula is C34H36ClFN4O6. The minimum absolute atomic E-state index is 0.0303.